The highest BCUT2D eigenvalue weighted by Crippen LogP contribution is 2.59. The molecule has 0 spiro atoms. The minimum Gasteiger partial charge on any atom is -0.390 e. The Morgan fingerprint density at radius 3 is 2.33 bits per heavy atom. The number of primary amides is 1. The lowest BCUT2D eigenvalue weighted by molar-refractivity contribution is -0.165. The number of carbonyl (C=O) groups excluding carboxylic acids is 2. The van der Waals surface area contributed by atoms with E-state index in [-0.39, 0.29) is 23.7 Å². The first-order valence-corrected chi connectivity index (χ1v) is 9.44. The molecular weight excluding hydrogens is 306 g/mol. The number of fused-ring (bicyclic) bond motifs is 1. The van der Waals surface area contributed by atoms with Crippen LogP contribution in [-0.4, -0.2) is 46.1 Å². The van der Waals surface area contributed by atoms with Crippen LogP contribution in [0.25, 0.3) is 0 Å². The molecule has 5 aliphatic carbocycles. The Morgan fingerprint density at radius 2 is 1.75 bits per heavy atom. The van der Waals surface area contributed by atoms with Gasteiger partial charge in [0.15, 0.2) is 0 Å². The van der Waals surface area contributed by atoms with Gasteiger partial charge in [0, 0.05) is 6.54 Å². The largest absolute Gasteiger partial charge is 0.390 e. The Hall–Kier alpha value is -1.14. The van der Waals surface area contributed by atoms with E-state index in [9.17, 15) is 14.7 Å². The predicted octanol–water partition coefficient (Wildman–Crippen LogP) is -0.167. The molecule has 1 aliphatic heterocycles. The van der Waals surface area contributed by atoms with Crippen molar-refractivity contribution in [1.82, 2.24) is 4.90 Å². The van der Waals surface area contributed by atoms with Crippen LogP contribution in [0.15, 0.2) is 0 Å². The van der Waals surface area contributed by atoms with Crippen LogP contribution < -0.4 is 11.5 Å². The number of aliphatic hydroxyl groups is 1. The smallest absolute Gasteiger partial charge is 0.240 e. The highest BCUT2D eigenvalue weighted by molar-refractivity contribution is 5.90. The van der Waals surface area contributed by atoms with Crippen molar-refractivity contribution in [1.29, 1.82) is 0 Å². The third-order valence-electron chi connectivity index (χ3n) is 7.74. The van der Waals surface area contributed by atoms with E-state index in [1.807, 2.05) is 0 Å². The van der Waals surface area contributed by atoms with Crippen LogP contribution in [0.1, 0.15) is 38.5 Å². The Kier molecular flexibility index (Phi) is 2.98. The molecule has 5 saturated carbocycles. The van der Waals surface area contributed by atoms with E-state index in [2.05, 4.69) is 0 Å². The molecule has 4 bridgehead atoms. The van der Waals surface area contributed by atoms with Gasteiger partial charge in [-0.25, -0.2) is 0 Å². The van der Waals surface area contributed by atoms with Gasteiger partial charge in [0.1, 0.15) is 6.04 Å². The molecule has 0 aromatic rings. The van der Waals surface area contributed by atoms with Crippen LogP contribution >= 0.6 is 0 Å². The normalized spacial score (nSPS) is 52.2. The fraction of sp³-hybridized carbons (Fsp3) is 0.889. The SMILES string of the molecule is NC(=O)C1C2CC2CN1C(=O)C(N)C1C2CC3CC1CC(O)(C3)C2. The number of amides is 2. The Bertz CT molecular complexity index is 592. The van der Waals surface area contributed by atoms with E-state index in [1.54, 1.807) is 4.90 Å². The number of hydrogen-bond donors (Lipinski definition) is 3. The highest BCUT2D eigenvalue weighted by atomic mass is 16.3. The zero-order chi connectivity index (χ0) is 16.8. The van der Waals surface area contributed by atoms with Crippen molar-refractivity contribution in [3.63, 3.8) is 0 Å². The average Bonchev–Trinajstić information content (AvgIpc) is 3.13. The summed E-state index contributed by atoms with van der Waals surface area (Å²) >= 11 is 0. The van der Waals surface area contributed by atoms with E-state index >= 15 is 0 Å². The number of likely N-dealkylation sites (tertiary alicyclic amines) is 1. The summed E-state index contributed by atoms with van der Waals surface area (Å²) in [6.07, 6.45) is 5.70. The van der Waals surface area contributed by atoms with Gasteiger partial charge in [-0.3, -0.25) is 9.59 Å². The van der Waals surface area contributed by atoms with Crippen molar-refractivity contribution in [2.45, 2.75) is 56.2 Å². The number of piperidine rings is 1. The standard InChI is InChI=1S/C18H27N3O3/c19-14(17(23)21-7-11-3-12(11)15(21)16(20)22)13-9-1-8-2-10(13)6-18(24,4-8)5-9/h8-15,24H,1-7,19H2,(H2,20,22). The fourth-order valence-electron chi connectivity index (χ4n) is 7.02. The summed E-state index contributed by atoms with van der Waals surface area (Å²) in [7, 11) is 0. The van der Waals surface area contributed by atoms with Gasteiger partial charge in [-0.1, -0.05) is 0 Å². The summed E-state index contributed by atoms with van der Waals surface area (Å²) < 4.78 is 0. The summed E-state index contributed by atoms with van der Waals surface area (Å²) in [6.45, 7) is 0.638. The summed E-state index contributed by atoms with van der Waals surface area (Å²) in [6, 6.07) is -1.00. The van der Waals surface area contributed by atoms with E-state index in [0.717, 1.165) is 38.5 Å². The van der Waals surface area contributed by atoms with E-state index < -0.39 is 17.7 Å². The van der Waals surface area contributed by atoms with Crippen LogP contribution in [0.4, 0.5) is 0 Å². The lowest BCUT2D eigenvalue weighted by Crippen LogP contribution is -2.62. The Balaban J connectivity index is 1.36. The number of rotatable bonds is 3. The average molecular weight is 333 g/mol. The molecule has 5 N–H and O–H groups in total. The number of hydrogen-bond acceptors (Lipinski definition) is 4. The molecule has 6 fully saturated rings. The number of nitrogens with zero attached hydrogens (tertiary/aromatic N) is 1. The zero-order valence-electron chi connectivity index (χ0n) is 13.9. The van der Waals surface area contributed by atoms with E-state index in [0.29, 0.717) is 30.2 Å². The van der Waals surface area contributed by atoms with Gasteiger partial charge in [0.25, 0.3) is 0 Å². The van der Waals surface area contributed by atoms with Crippen LogP contribution in [0, 0.1) is 35.5 Å². The maximum absolute atomic E-state index is 13.1. The second kappa shape index (κ2) is 4.73. The van der Waals surface area contributed by atoms with Gasteiger partial charge in [-0.15, -0.1) is 0 Å². The minimum atomic E-state index is -0.553. The minimum absolute atomic E-state index is 0.0875. The van der Waals surface area contributed by atoms with Gasteiger partial charge in [0.2, 0.25) is 11.8 Å². The van der Waals surface area contributed by atoms with Crippen molar-refractivity contribution >= 4 is 11.8 Å². The first-order valence-electron chi connectivity index (χ1n) is 9.44. The third-order valence-corrected chi connectivity index (χ3v) is 7.74. The molecule has 6 heteroatoms. The van der Waals surface area contributed by atoms with Crippen molar-refractivity contribution in [3.05, 3.63) is 0 Å². The Morgan fingerprint density at radius 1 is 1.08 bits per heavy atom. The first kappa shape index (κ1) is 15.1. The summed E-state index contributed by atoms with van der Waals surface area (Å²) in [5.74, 6) is 1.68. The van der Waals surface area contributed by atoms with Crippen LogP contribution in [0.3, 0.4) is 0 Å². The van der Waals surface area contributed by atoms with Crippen molar-refractivity contribution < 1.29 is 14.7 Å². The predicted molar refractivity (Wildman–Crippen MR) is 86.3 cm³/mol. The third kappa shape index (κ3) is 2.02. The highest BCUT2D eigenvalue weighted by Gasteiger charge is 2.60. The molecule has 6 aliphatic rings. The lowest BCUT2D eigenvalue weighted by atomic mass is 9.49. The molecule has 6 atom stereocenters. The number of nitrogens with two attached hydrogens (primary N) is 2. The molecule has 24 heavy (non-hydrogen) atoms. The van der Waals surface area contributed by atoms with Crippen LogP contribution in [-0.2, 0) is 9.59 Å². The molecule has 2 amide bonds. The molecule has 1 saturated heterocycles. The van der Waals surface area contributed by atoms with Gasteiger partial charge in [-0.05, 0) is 74.0 Å². The second-order valence-corrected chi connectivity index (χ2v) is 9.29. The topological polar surface area (TPSA) is 110 Å². The first-order chi connectivity index (χ1) is 11.4. The molecule has 0 aromatic heterocycles. The lowest BCUT2D eigenvalue weighted by Gasteiger charge is -2.59. The summed E-state index contributed by atoms with van der Waals surface area (Å²) in [4.78, 5) is 26.5. The maximum atomic E-state index is 13.1. The van der Waals surface area contributed by atoms with Crippen molar-refractivity contribution in [2.75, 3.05) is 6.54 Å². The molecule has 132 valence electrons. The molecule has 1 heterocycles. The van der Waals surface area contributed by atoms with Gasteiger partial charge >= 0.3 is 0 Å². The maximum Gasteiger partial charge on any atom is 0.240 e. The van der Waals surface area contributed by atoms with Crippen LogP contribution in [0.5, 0.6) is 0 Å². The fourth-order valence-corrected chi connectivity index (χ4v) is 7.02. The van der Waals surface area contributed by atoms with Gasteiger partial charge in [0.05, 0.1) is 11.6 Å². The zero-order valence-corrected chi connectivity index (χ0v) is 13.9. The van der Waals surface area contributed by atoms with E-state index in [4.69, 9.17) is 11.5 Å². The van der Waals surface area contributed by atoms with E-state index in [1.165, 1.54) is 0 Å². The van der Waals surface area contributed by atoms with Crippen molar-refractivity contribution in [2.24, 2.45) is 47.0 Å². The number of carbonyl (C=O) groups is 2. The Labute approximate surface area is 141 Å². The molecule has 0 aromatic carbocycles. The molecular formula is C18H27N3O3. The molecule has 0 radical (unpaired) electrons. The quantitative estimate of drug-likeness (QED) is 0.666. The van der Waals surface area contributed by atoms with Gasteiger partial charge < -0.3 is 21.5 Å². The van der Waals surface area contributed by atoms with Crippen molar-refractivity contribution in [3.8, 4) is 0 Å². The molecule has 6 rings (SSSR count). The second-order valence-electron chi connectivity index (χ2n) is 9.29. The molecule has 6 nitrogen and oxygen atoms in total. The van der Waals surface area contributed by atoms with Crippen LogP contribution in [0.2, 0.25) is 0 Å². The monoisotopic (exact) mass is 333 g/mol. The summed E-state index contributed by atoms with van der Waals surface area (Å²) in [5, 5.41) is 10.7. The summed E-state index contributed by atoms with van der Waals surface area (Å²) in [5.41, 5.74) is 11.5. The molecule has 6 unspecified atom stereocenters. The van der Waals surface area contributed by atoms with Gasteiger partial charge in [-0.2, -0.15) is 0 Å².